The second kappa shape index (κ2) is 8.16. The summed E-state index contributed by atoms with van der Waals surface area (Å²) < 4.78 is 10.0. The van der Waals surface area contributed by atoms with E-state index in [0.717, 1.165) is 54.9 Å². The van der Waals surface area contributed by atoms with Crippen molar-refractivity contribution < 1.29 is 9.64 Å². The largest absolute Gasteiger partial charge is 0.497 e. The molecule has 1 aliphatic heterocycles. The number of ether oxygens (including phenoxy) is 1. The molecule has 0 unspecified atom stereocenters. The standard InChI is InChI=1S/C21H25N5OS/c1-17-22-25(21(28)26(17)19-6-4-3-5-7-19)16-23-12-14-24(15-13-23)18-8-10-20(27-2)11-9-18/h3-11H,12-16H2,1-2H3/p+1. The van der Waals surface area contributed by atoms with Crippen LogP contribution in [0.25, 0.3) is 5.69 Å². The number of anilines is 1. The fraction of sp³-hybridized carbons (Fsp3) is 0.333. The molecule has 0 saturated carbocycles. The number of para-hydroxylation sites is 1. The molecule has 0 amide bonds. The molecule has 146 valence electrons. The average Bonchev–Trinajstić information content (AvgIpc) is 3.02. The number of benzene rings is 2. The van der Waals surface area contributed by atoms with E-state index in [1.165, 1.54) is 10.6 Å². The van der Waals surface area contributed by atoms with Gasteiger partial charge in [-0.2, -0.15) is 9.78 Å². The molecule has 0 bridgehead atoms. The van der Waals surface area contributed by atoms with Crippen molar-refractivity contribution in [3.05, 3.63) is 65.2 Å². The van der Waals surface area contributed by atoms with E-state index >= 15 is 0 Å². The fourth-order valence-corrected chi connectivity index (χ4v) is 4.08. The smallest absolute Gasteiger partial charge is 0.207 e. The molecule has 6 nitrogen and oxygen atoms in total. The Morgan fingerprint density at radius 1 is 1.00 bits per heavy atom. The van der Waals surface area contributed by atoms with Crippen LogP contribution >= 0.6 is 12.2 Å². The quantitative estimate of drug-likeness (QED) is 0.671. The molecule has 0 aliphatic carbocycles. The predicted molar refractivity (Wildman–Crippen MR) is 113 cm³/mol. The van der Waals surface area contributed by atoms with Crippen LogP contribution in [0, 0.1) is 11.7 Å². The van der Waals surface area contributed by atoms with Gasteiger partial charge in [0.2, 0.25) is 4.77 Å². The maximum absolute atomic E-state index is 5.71. The number of aryl methyl sites for hydroxylation is 1. The Hall–Kier alpha value is -2.64. The lowest BCUT2D eigenvalue weighted by Gasteiger charge is -2.33. The summed E-state index contributed by atoms with van der Waals surface area (Å²) in [4.78, 5) is 3.93. The zero-order valence-corrected chi connectivity index (χ0v) is 17.2. The summed E-state index contributed by atoms with van der Waals surface area (Å²) in [6.07, 6.45) is 0. The van der Waals surface area contributed by atoms with Gasteiger partial charge in [-0.05, 0) is 55.5 Å². The number of nitrogens with one attached hydrogen (secondary N) is 1. The van der Waals surface area contributed by atoms with Crippen molar-refractivity contribution in [2.75, 3.05) is 38.2 Å². The number of piperazine rings is 1. The van der Waals surface area contributed by atoms with E-state index in [0.29, 0.717) is 0 Å². The van der Waals surface area contributed by atoms with E-state index in [9.17, 15) is 0 Å². The number of methoxy groups -OCH3 is 1. The molecule has 0 atom stereocenters. The first-order chi connectivity index (χ1) is 13.7. The van der Waals surface area contributed by atoms with Crippen molar-refractivity contribution in [1.82, 2.24) is 14.3 Å². The van der Waals surface area contributed by atoms with Crippen molar-refractivity contribution in [2.45, 2.75) is 13.6 Å². The third kappa shape index (κ3) is 3.81. The lowest BCUT2D eigenvalue weighted by molar-refractivity contribution is -0.924. The monoisotopic (exact) mass is 396 g/mol. The van der Waals surface area contributed by atoms with Crippen LogP contribution in [0.5, 0.6) is 5.75 Å². The lowest BCUT2D eigenvalue weighted by atomic mass is 10.2. The van der Waals surface area contributed by atoms with Gasteiger partial charge in [0.25, 0.3) is 0 Å². The summed E-state index contributed by atoms with van der Waals surface area (Å²) in [7, 11) is 1.70. The molecule has 3 aromatic rings. The molecule has 0 radical (unpaired) electrons. The second-order valence-electron chi connectivity index (χ2n) is 7.09. The first-order valence-electron chi connectivity index (χ1n) is 9.60. The van der Waals surface area contributed by atoms with Gasteiger partial charge in [0, 0.05) is 11.4 Å². The van der Waals surface area contributed by atoms with Gasteiger partial charge >= 0.3 is 0 Å². The molecule has 7 heteroatoms. The maximum atomic E-state index is 5.71. The Labute approximate surface area is 170 Å². The third-order valence-electron chi connectivity index (χ3n) is 5.30. The van der Waals surface area contributed by atoms with Crippen LogP contribution in [0.4, 0.5) is 5.69 Å². The Balaban J connectivity index is 1.42. The lowest BCUT2D eigenvalue weighted by Crippen LogP contribution is -3.14. The molecule has 2 heterocycles. The molecule has 2 aromatic carbocycles. The van der Waals surface area contributed by atoms with E-state index in [2.05, 4.69) is 29.2 Å². The van der Waals surface area contributed by atoms with E-state index in [1.54, 1.807) is 7.11 Å². The molecule has 0 spiro atoms. The van der Waals surface area contributed by atoms with Crippen LogP contribution in [-0.2, 0) is 6.67 Å². The Bertz CT molecular complexity index is 972. The molecule has 1 aliphatic rings. The summed E-state index contributed by atoms with van der Waals surface area (Å²) in [6.45, 7) is 6.98. The van der Waals surface area contributed by atoms with Crippen molar-refractivity contribution in [3.8, 4) is 11.4 Å². The fourth-order valence-electron chi connectivity index (χ4n) is 3.74. The van der Waals surface area contributed by atoms with Crippen LogP contribution in [-0.4, -0.2) is 47.6 Å². The zero-order chi connectivity index (χ0) is 19.5. The van der Waals surface area contributed by atoms with Crippen molar-refractivity contribution in [3.63, 3.8) is 0 Å². The normalized spacial score (nSPS) is 15.0. The highest BCUT2D eigenvalue weighted by atomic mass is 32.1. The minimum Gasteiger partial charge on any atom is -0.497 e. The van der Waals surface area contributed by atoms with Gasteiger partial charge in [0.15, 0.2) is 6.67 Å². The molecule has 1 saturated heterocycles. The zero-order valence-electron chi connectivity index (χ0n) is 16.3. The third-order valence-corrected chi connectivity index (χ3v) is 5.69. The van der Waals surface area contributed by atoms with Crippen molar-refractivity contribution in [2.24, 2.45) is 0 Å². The number of hydrogen-bond donors (Lipinski definition) is 1. The number of quaternary nitrogens is 1. The van der Waals surface area contributed by atoms with Crippen molar-refractivity contribution in [1.29, 1.82) is 0 Å². The summed E-state index contributed by atoms with van der Waals surface area (Å²) in [5.41, 5.74) is 2.32. The van der Waals surface area contributed by atoms with Crippen LogP contribution in [0.3, 0.4) is 0 Å². The van der Waals surface area contributed by atoms with Gasteiger partial charge in [-0.3, -0.25) is 4.57 Å². The van der Waals surface area contributed by atoms with Gasteiger partial charge in [0.05, 0.1) is 33.3 Å². The average molecular weight is 397 g/mol. The SMILES string of the molecule is COc1ccc(N2CC[NH+](Cn3nc(C)n(-c4ccccc4)c3=S)CC2)cc1. The van der Waals surface area contributed by atoms with Gasteiger partial charge in [-0.1, -0.05) is 18.2 Å². The number of rotatable bonds is 5. The summed E-state index contributed by atoms with van der Waals surface area (Å²) in [6, 6.07) is 18.5. The van der Waals surface area contributed by atoms with Crippen molar-refractivity contribution >= 4 is 17.9 Å². The number of hydrogen-bond acceptors (Lipinski definition) is 4. The molecule has 1 fully saturated rings. The summed E-state index contributed by atoms with van der Waals surface area (Å²) >= 11 is 5.71. The molecule has 28 heavy (non-hydrogen) atoms. The van der Waals surface area contributed by atoms with Gasteiger partial charge in [-0.25, -0.2) is 0 Å². The number of aromatic nitrogens is 3. The second-order valence-corrected chi connectivity index (χ2v) is 7.46. The van der Waals surface area contributed by atoms with Gasteiger partial charge in [0.1, 0.15) is 11.6 Å². The highest BCUT2D eigenvalue weighted by molar-refractivity contribution is 7.71. The van der Waals surface area contributed by atoms with E-state index in [4.69, 9.17) is 22.1 Å². The van der Waals surface area contributed by atoms with E-state index < -0.39 is 0 Å². The maximum Gasteiger partial charge on any atom is 0.207 e. The Morgan fingerprint density at radius 2 is 1.68 bits per heavy atom. The molecular weight excluding hydrogens is 370 g/mol. The summed E-state index contributed by atoms with van der Waals surface area (Å²) in [5, 5.41) is 4.70. The van der Waals surface area contributed by atoms with Gasteiger partial charge in [-0.15, -0.1) is 0 Å². The minimum atomic E-state index is 0.758. The first kappa shape index (κ1) is 18.7. The molecule has 1 N–H and O–H groups in total. The topological polar surface area (TPSA) is 39.7 Å². The van der Waals surface area contributed by atoms with Crippen LogP contribution in [0.15, 0.2) is 54.6 Å². The highest BCUT2D eigenvalue weighted by Crippen LogP contribution is 2.19. The highest BCUT2D eigenvalue weighted by Gasteiger charge is 2.22. The van der Waals surface area contributed by atoms with Crippen LogP contribution in [0.2, 0.25) is 0 Å². The van der Waals surface area contributed by atoms with E-state index in [-0.39, 0.29) is 0 Å². The van der Waals surface area contributed by atoms with Crippen LogP contribution in [0.1, 0.15) is 5.82 Å². The summed E-state index contributed by atoms with van der Waals surface area (Å²) in [5.74, 6) is 1.82. The van der Waals surface area contributed by atoms with E-state index in [1.807, 2.05) is 46.5 Å². The van der Waals surface area contributed by atoms with Crippen LogP contribution < -0.4 is 14.5 Å². The Kier molecular flexibility index (Phi) is 5.45. The minimum absolute atomic E-state index is 0.758. The number of nitrogens with zero attached hydrogens (tertiary/aromatic N) is 4. The molecular formula is C21H26N5OS+. The predicted octanol–water partition coefficient (Wildman–Crippen LogP) is 2.08. The molecule has 1 aromatic heterocycles. The van der Waals surface area contributed by atoms with Gasteiger partial charge < -0.3 is 14.5 Å². The molecule has 4 rings (SSSR count). The Morgan fingerprint density at radius 3 is 2.32 bits per heavy atom. The first-order valence-corrected chi connectivity index (χ1v) is 10.0.